The first-order chi connectivity index (χ1) is 28.1. The Labute approximate surface area is 335 Å². The number of aromatic nitrogens is 1. The molecule has 1 aliphatic carbocycles. The van der Waals surface area contributed by atoms with Crippen LogP contribution < -0.4 is 9.64 Å². The summed E-state index contributed by atoms with van der Waals surface area (Å²) in [6.07, 6.45) is 9.94. The summed E-state index contributed by atoms with van der Waals surface area (Å²) >= 11 is 0. The first-order valence-corrected chi connectivity index (χ1v) is 19.8. The Morgan fingerprint density at radius 3 is 2.02 bits per heavy atom. The lowest BCUT2D eigenvalue weighted by Crippen LogP contribution is -2.18. The summed E-state index contributed by atoms with van der Waals surface area (Å²) in [5, 5.41) is 1.12. The number of aryl methyl sites for hydroxylation is 2. The number of nitrogens with zero attached hydrogens (tertiary/aromatic N) is 2. The number of benzene rings is 7. The van der Waals surface area contributed by atoms with E-state index in [0.29, 0.717) is 0 Å². The zero-order valence-electron chi connectivity index (χ0n) is 32.3. The van der Waals surface area contributed by atoms with E-state index in [1.54, 1.807) is 0 Å². The molecular formula is C54H44N2O. The second-order valence-electron chi connectivity index (χ2n) is 14.8. The van der Waals surface area contributed by atoms with Crippen molar-refractivity contribution < 1.29 is 4.74 Å². The molecule has 0 aliphatic heterocycles. The van der Waals surface area contributed by atoms with E-state index in [2.05, 4.69) is 219 Å². The molecule has 0 bridgehead atoms. The molecular weight excluding hydrogens is 693 g/mol. The molecule has 3 nitrogen and oxygen atoms in total. The van der Waals surface area contributed by atoms with E-state index in [4.69, 9.17) is 9.72 Å². The predicted octanol–water partition coefficient (Wildman–Crippen LogP) is 14.7. The third-order valence-corrected chi connectivity index (χ3v) is 11.0. The van der Waals surface area contributed by atoms with Crippen LogP contribution in [0.1, 0.15) is 34.6 Å². The van der Waals surface area contributed by atoms with E-state index in [1.807, 2.05) is 6.07 Å². The van der Waals surface area contributed by atoms with Crippen LogP contribution in [0, 0.1) is 19.8 Å². The van der Waals surface area contributed by atoms with E-state index in [1.165, 1.54) is 27.8 Å². The van der Waals surface area contributed by atoms with Crippen molar-refractivity contribution in [2.75, 3.05) is 4.90 Å². The van der Waals surface area contributed by atoms with Crippen LogP contribution in [0.4, 0.5) is 17.1 Å². The molecule has 7 aromatic carbocycles. The molecule has 1 aromatic heterocycles. The third kappa shape index (κ3) is 7.53. The maximum Gasteiger partial charge on any atom is 0.128 e. The zero-order valence-corrected chi connectivity index (χ0v) is 32.3. The quantitative estimate of drug-likeness (QED) is 0.140. The molecule has 2 atom stereocenters. The molecule has 1 heterocycles. The van der Waals surface area contributed by atoms with Gasteiger partial charge >= 0.3 is 0 Å². The highest BCUT2D eigenvalue weighted by Crippen LogP contribution is 2.46. The number of hydrogen-bond acceptors (Lipinski definition) is 3. The van der Waals surface area contributed by atoms with E-state index in [0.717, 1.165) is 62.7 Å². The largest absolute Gasteiger partial charge is 0.457 e. The van der Waals surface area contributed by atoms with Crippen molar-refractivity contribution in [3.05, 3.63) is 229 Å². The Balaban J connectivity index is 1.15. The highest BCUT2D eigenvalue weighted by molar-refractivity contribution is 5.84. The van der Waals surface area contributed by atoms with Crippen molar-refractivity contribution in [1.29, 1.82) is 0 Å². The summed E-state index contributed by atoms with van der Waals surface area (Å²) in [6, 6.07) is 64.5. The van der Waals surface area contributed by atoms with Crippen molar-refractivity contribution in [1.82, 2.24) is 4.98 Å². The summed E-state index contributed by atoms with van der Waals surface area (Å²) in [4.78, 5) is 7.47. The molecule has 0 radical (unpaired) electrons. The maximum absolute atomic E-state index is 6.93. The van der Waals surface area contributed by atoms with Gasteiger partial charge in [-0.15, -0.1) is 0 Å². The average Bonchev–Trinajstić information content (AvgIpc) is 3.25. The average molecular weight is 737 g/mol. The minimum Gasteiger partial charge on any atom is -0.457 e. The van der Waals surface area contributed by atoms with Crippen molar-refractivity contribution >= 4 is 28.0 Å². The molecule has 0 saturated carbocycles. The van der Waals surface area contributed by atoms with E-state index >= 15 is 0 Å². The normalized spacial score (nSPS) is 14.0. The van der Waals surface area contributed by atoms with Gasteiger partial charge in [-0.25, -0.2) is 4.98 Å². The number of ether oxygens (including phenoxy) is 1. The summed E-state index contributed by atoms with van der Waals surface area (Å²) in [5.74, 6) is 1.87. The Bertz CT molecular complexity index is 2670. The van der Waals surface area contributed by atoms with Gasteiger partial charge in [0.15, 0.2) is 0 Å². The third-order valence-electron chi connectivity index (χ3n) is 11.0. The molecule has 1 aliphatic rings. The van der Waals surface area contributed by atoms with Gasteiger partial charge in [0.25, 0.3) is 0 Å². The fourth-order valence-electron chi connectivity index (χ4n) is 8.39. The summed E-state index contributed by atoms with van der Waals surface area (Å²) in [6.45, 7) is 4.35. The second kappa shape index (κ2) is 16.0. The Morgan fingerprint density at radius 1 is 0.579 bits per heavy atom. The molecule has 0 amide bonds. The number of rotatable bonds is 10. The molecule has 3 heteroatoms. The van der Waals surface area contributed by atoms with Gasteiger partial charge in [0.1, 0.15) is 11.5 Å². The minimum absolute atomic E-state index is 0.0548. The van der Waals surface area contributed by atoms with Gasteiger partial charge in [-0.05, 0) is 132 Å². The summed E-state index contributed by atoms with van der Waals surface area (Å²) < 4.78 is 6.93. The monoisotopic (exact) mass is 736 g/mol. The number of allylic oxidation sites excluding steroid dienone is 4. The van der Waals surface area contributed by atoms with Crippen LogP contribution in [0.3, 0.4) is 0 Å². The fraction of sp³-hybridized carbons (Fsp3) is 0.0926. The number of fused-ring (bicyclic) bond motifs is 1. The van der Waals surface area contributed by atoms with Crippen LogP contribution in [0.25, 0.3) is 33.3 Å². The van der Waals surface area contributed by atoms with Crippen LogP contribution in [0.5, 0.6) is 11.5 Å². The molecule has 9 rings (SSSR count). The Morgan fingerprint density at radius 2 is 1.26 bits per heavy atom. The van der Waals surface area contributed by atoms with Crippen LogP contribution in [-0.4, -0.2) is 4.98 Å². The lowest BCUT2D eigenvalue weighted by atomic mass is 9.77. The van der Waals surface area contributed by atoms with Crippen LogP contribution >= 0.6 is 0 Å². The molecule has 276 valence electrons. The first kappa shape index (κ1) is 35.7. The van der Waals surface area contributed by atoms with Crippen LogP contribution in [-0.2, 0) is 0 Å². The van der Waals surface area contributed by atoms with E-state index < -0.39 is 0 Å². The van der Waals surface area contributed by atoms with Crippen molar-refractivity contribution in [2.24, 2.45) is 5.92 Å². The number of anilines is 3. The zero-order chi connectivity index (χ0) is 38.6. The number of pyridine rings is 1. The fourth-order valence-corrected chi connectivity index (χ4v) is 8.39. The topological polar surface area (TPSA) is 25.4 Å². The van der Waals surface area contributed by atoms with Gasteiger partial charge in [-0.1, -0.05) is 133 Å². The summed E-state index contributed by atoms with van der Waals surface area (Å²) in [7, 11) is 0. The van der Waals surface area contributed by atoms with Crippen molar-refractivity contribution in [3.63, 3.8) is 0 Å². The van der Waals surface area contributed by atoms with Crippen LogP contribution in [0.2, 0.25) is 0 Å². The molecule has 0 saturated heterocycles. The summed E-state index contributed by atoms with van der Waals surface area (Å²) in [5.41, 5.74) is 13.5. The lowest BCUT2D eigenvalue weighted by molar-refractivity contribution is 0.480. The highest BCUT2D eigenvalue weighted by atomic mass is 16.5. The van der Waals surface area contributed by atoms with Crippen molar-refractivity contribution in [3.8, 4) is 33.9 Å². The number of para-hydroxylation sites is 4. The maximum atomic E-state index is 6.93. The first-order valence-electron chi connectivity index (χ1n) is 19.8. The highest BCUT2D eigenvalue weighted by Gasteiger charge is 2.28. The Kier molecular flexibility index (Phi) is 10.0. The molecule has 0 fully saturated rings. The van der Waals surface area contributed by atoms with Crippen LogP contribution in [0.15, 0.2) is 206 Å². The molecule has 57 heavy (non-hydrogen) atoms. The smallest absolute Gasteiger partial charge is 0.128 e. The van der Waals surface area contributed by atoms with E-state index in [9.17, 15) is 0 Å². The Hall–Kier alpha value is -6.97. The second-order valence-corrected chi connectivity index (χ2v) is 14.8. The van der Waals surface area contributed by atoms with Crippen molar-refractivity contribution in [2.45, 2.75) is 26.2 Å². The van der Waals surface area contributed by atoms with Gasteiger partial charge in [-0.3, -0.25) is 0 Å². The minimum atomic E-state index is 0.0548. The molecule has 8 aromatic rings. The van der Waals surface area contributed by atoms with Gasteiger partial charge < -0.3 is 9.64 Å². The SMILES string of the molecule is Cc1cccc(C)c1-c1cc(Oc2cccc([C@@H](c3ccccc3N(c3ccccc3)c3ccccc3)C3C=CC=CC3)c2)cc(-c2ccc3ccccc3n2)c1. The standard InChI is InChI=1S/C54H44N2O/c1-38-18-16-19-39(2)53(38)44-34-43(51-33-32-40-20-12-14-30-50(40)55-51)36-48(37-44)57-47-28-17-23-42(35-47)54(41-21-6-3-7-22-41)49-29-13-15-31-52(49)56(45-24-8-4-9-25-45)46-26-10-5-11-27-46/h3-21,23-37,41,54H,22H2,1-2H3/t41?,54-/m0/s1. The van der Waals surface area contributed by atoms with Gasteiger partial charge in [-0.2, -0.15) is 0 Å². The number of hydrogen-bond donors (Lipinski definition) is 0. The molecule has 1 unspecified atom stereocenters. The van der Waals surface area contributed by atoms with Gasteiger partial charge in [0.05, 0.1) is 11.2 Å². The predicted molar refractivity (Wildman–Crippen MR) is 238 cm³/mol. The van der Waals surface area contributed by atoms with Gasteiger partial charge in [0, 0.05) is 33.9 Å². The molecule has 0 spiro atoms. The molecule has 0 N–H and O–H groups in total. The van der Waals surface area contributed by atoms with E-state index in [-0.39, 0.29) is 11.8 Å². The lowest BCUT2D eigenvalue weighted by Gasteiger charge is -2.33. The van der Waals surface area contributed by atoms with Gasteiger partial charge in [0.2, 0.25) is 0 Å².